The fraction of sp³-hybridized carbons (Fsp3) is 0.769. The van der Waals surface area contributed by atoms with Crippen LogP contribution >= 0.6 is 12.4 Å². The fourth-order valence-corrected chi connectivity index (χ4v) is 4.76. The topological polar surface area (TPSA) is 101 Å². The lowest BCUT2D eigenvalue weighted by Crippen LogP contribution is -2.46. The summed E-state index contributed by atoms with van der Waals surface area (Å²) in [6, 6.07) is -0.186. The summed E-state index contributed by atoms with van der Waals surface area (Å²) in [5, 5.41) is 6.67. The number of nitrogens with one attached hydrogen (secondary N) is 2. The molecule has 1 heterocycles. The van der Waals surface area contributed by atoms with Gasteiger partial charge in [-0.1, -0.05) is 19.3 Å². The highest BCUT2D eigenvalue weighted by molar-refractivity contribution is 7.89. The molecule has 0 bridgehead atoms. The van der Waals surface area contributed by atoms with E-state index in [1.54, 1.807) is 13.8 Å². The monoisotopic (exact) mass is 336 g/mol. The first-order valence-corrected chi connectivity index (χ1v) is 8.68. The smallest absolute Gasteiger partial charge is 0.244 e. The lowest BCUT2D eigenvalue weighted by molar-refractivity contribution is 0.294. The van der Waals surface area contributed by atoms with E-state index in [1.807, 2.05) is 0 Å². The maximum atomic E-state index is 12.5. The van der Waals surface area contributed by atoms with Crippen molar-refractivity contribution < 1.29 is 8.42 Å². The first-order valence-electron chi connectivity index (χ1n) is 7.19. The molecule has 1 aliphatic rings. The third kappa shape index (κ3) is 4.18. The van der Waals surface area contributed by atoms with Crippen LogP contribution in [-0.4, -0.2) is 31.2 Å². The van der Waals surface area contributed by atoms with Crippen molar-refractivity contribution in [3.05, 3.63) is 11.4 Å². The van der Waals surface area contributed by atoms with Gasteiger partial charge in [0.25, 0.3) is 0 Å². The molecule has 2 rings (SSSR count). The van der Waals surface area contributed by atoms with Gasteiger partial charge in [0.1, 0.15) is 4.90 Å². The molecule has 0 saturated heterocycles. The number of halogens is 1. The van der Waals surface area contributed by atoms with Gasteiger partial charge in [0.05, 0.1) is 11.4 Å². The molecule has 21 heavy (non-hydrogen) atoms. The van der Waals surface area contributed by atoms with Crippen molar-refractivity contribution in [3.8, 4) is 0 Å². The summed E-state index contributed by atoms with van der Waals surface area (Å²) in [5.74, 6) is 0.344. The molecule has 122 valence electrons. The fourth-order valence-electron chi connectivity index (χ4n) is 3.07. The molecule has 0 radical (unpaired) electrons. The van der Waals surface area contributed by atoms with Crippen molar-refractivity contribution in [2.45, 2.75) is 56.9 Å². The second-order valence-electron chi connectivity index (χ2n) is 5.62. The molecule has 0 spiro atoms. The van der Waals surface area contributed by atoms with Crippen LogP contribution in [0.3, 0.4) is 0 Å². The number of H-pyrrole nitrogens is 1. The molecule has 4 N–H and O–H groups in total. The van der Waals surface area contributed by atoms with Crippen molar-refractivity contribution >= 4 is 22.4 Å². The van der Waals surface area contributed by atoms with Gasteiger partial charge >= 0.3 is 0 Å². The number of hydrogen-bond acceptors (Lipinski definition) is 4. The summed E-state index contributed by atoms with van der Waals surface area (Å²) >= 11 is 0. The summed E-state index contributed by atoms with van der Waals surface area (Å²) < 4.78 is 27.8. The maximum Gasteiger partial charge on any atom is 0.244 e. The zero-order valence-electron chi connectivity index (χ0n) is 12.6. The average Bonchev–Trinajstić information content (AvgIpc) is 2.77. The van der Waals surface area contributed by atoms with Gasteiger partial charge in [-0.2, -0.15) is 5.10 Å². The molecule has 0 amide bonds. The van der Waals surface area contributed by atoms with E-state index >= 15 is 0 Å². The van der Waals surface area contributed by atoms with Crippen molar-refractivity contribution in [1.82, 2.24) is 14.9 Å². The molecule has 1 aliphatic carbocycles. The van der Waals surface area contributed by atoms with E-state index in [0.29, 0.717) is 23.9 Å². The van der Waals surface area contributed by atoms with Gasteiger partial charge in [-0.3, -0.25) is 5.10 Å². The van der Waals surface area contributed by atoms with E-state index in [0.717, 1.165) is 25.7 Å². The minimum absolute atomic E-state index is 0. The number of rotatable bonds is 5. The molecule has 8 heteroatoms. The molecule has 6 nitrogen and oxygen atoms in total. The van der Waals surface area contributed by atoms with E-state index in [-0.39, 0.29) is 23.3 Å². The summed E-state index contributed by atoms with van der Waals surface area (Å²) in [6.45, 7) is 3.74. The Labute approximate surface area is 132 Å². The molecule has 1 saturated carbocycles. The quantitative estimate of drug-likeness (QED) is 0.760. The Balaban J connectivity index is 0.00000220. The SMILES string of the molecule is Cc1n[nH]c(C)c1S(=O)(=O)NC(CN)C1CCCCC1.Cl. The van der Waals surface area contributed by atoms with Crippen molar-refractivity contribution in [2.24, 2.45) is 11.7 Å². The number of nitrogens with zero attached hydrogens (tertiary/aromatic N) is 1. The highest BCUT2D eigenvalue weighted by atomic mass is 35.5. The van der Waals surface area contributed by atoms with Crippen LogP contribution in [0.5, 0.6) is 0 Å². The lowest BCUT2D eigenvalue weighted by Gasteiger charge is -2.29. The van der Waals surface area contributed by atoms with E-state index < -0.39 is 10.0 Å². The zero-order chi connectivity index (χ0) is 14.8. The Bertz CT molecular complexity index is 533. The summed E-state index contributed by atoms with van der Waals surface area (Å²) in [4.78, 5) is 0.256. The van der Waals surface area contributed by atoms with Crippen LogP contribution in [-0.2, 0) is 10.0 Å². The minimum Gasteiger partial charge on any atom is -0.329 e. The maximum absolute atomic E-state index is 12.5. The van der Waals surface area contributed by atoms with Crippen molar-refractivity contribution in [2.75, 3.05) is 6.54 Å². The Morgan fingerprint density at radius 2 is 1.95 bits per heavy atom. The van der Waals surface area contributed by atoms with Crippen LogP contribution in [0.1, 0.15) is 43.5 Å². The van der Waals surface area contributed by atoms with Crippen LogP contribution < -0.4 is 10.5 Å². The number of nitrogens with two attached hydrogens (primary N) is 1. The molecule has 1 aromatic heterocycles. The molecular weight excluding hydrogens is 312 g/mol. The van der Waals surface area contributed by atoms with Crippen LogP contribution in [0.15, 0.2) is 4.90 Å². The number of hydrogen-bond donors (Lipinski definition) is 3. The highest BCUT2D eigenvalue weighted by Gasteiger charge is 2.29. The standard InChI is InChI=1S/C13H24N4O2S.ClH/c1-9-13(10(2)16-15-9)20(18,19)17-12(8-14)11-6-4-3-5-7-11;/h11-12,17H,3-8,14H2,1-2H3,(H,15,16);1H. The van der Waals surface area contributed by atoms with E-state index in [4.69, 9.17) is 5.73 Å². The van der Waals surface area contributed by atoms with Crippen LogP contribution in [0.2, 0.25) is 0 Å². The van der Waals surface area contributed by atoms with Gasteiger partial charge < -0.3 is 5.73 Å². The van der Waals surface area contributed by atoms with E-state index in [2.05, 4.69) is 14.9 Å². The second kappa shape index (κ2) is 7.58. The van der Waals surface area contributed by atoms with Crippen LogP contribution in [0.25, 0.3) is 0 Å². The van der Waals surface area contributed by atoms with Gasteiger partial charge in [-0.25, -0.2) is 13.1 Å². The lowest BCUT2D eigenvalue weighted by atomic mass is 9.84. The minimum atomic E-state index is -3.56. The first-order chi connectivity index (χ1) is 9.45. The van der Waals surface area contributed by atoms with E-state index in [1.165, 1.54) is 6.42 Å². The predicted molar refractivity (Wildman–Crippen MR) is 85.0 cm³/mol. The summed E-state index contributed by atoms with van der Waals surface area (Å²) in [6.07, 6.45) is 5.65. The third-order valence-electron chi connectivity index (χ3n) is 4.11. The van der Waals surface area contributed by atoms with Gasteiger partial charge in [0.15, 0.2) is 0 Å². The second-order valence-corrected chi connectivity index (χ2v) is 7.28. The van der Waals surface area contributed by atoms with Gasteiger partial charge in [-0.05, 0) is 32.6 Å². The van der Waals surface area contributed by atoms with Crippen LogP contribution in [0.4, 0.5) is 0 Å². The molecule has 1 fully saturated rings. The first kappa shape index (κ1) is 18.4. The van der Waals surface area contributed by atoms with Gasteiger partial charge in [-0.15, -0.1) is 12.4 Å². The molecular formula is C13H25ClN4O2S. The molecule has 0 aliphatic heterocycles. The Morgan fingerprint density at radius 1 is 1.33 bits per heavy atom. The molecule has 1 unspecified atom stereocenters. The number of aromatic nitrogens is 2. The molecule has 1 atom stereocenters. The van der Waals surface area contributed by atoms with Crippen LogP contribution in [0, 0.1) is 19.8 Å². The highest BCUT2D eigenvalue weighted by Crippen LogP contribution is 2.27. The van der Waals surface area contributed by atoms with Gasteiger partial charge in [0.2, 0.25) is 10.0 Å². The Kier molecular flexibility index (Phi) is 6.65. The van der Waals surface area contributed by atoms with Crippen molar-refractivity contribution in [1.29, 1.82) is 0 Å². The largest absolute Gasteiger partial charge is 0.329 e. The normalized spacial score (nSPS) is 18.2. The zero-order valence-corrected chi connectivity index (χ0v) is 14.2. The number of sulfonamides is 1. The average molecular weight is 337 g/mol. The van der Waals surface area contributed by atoms with E-state index in [9.17, 15) is 8.42 Å². The Morgan fingerprint density at radius 3 is 2.43 bits per heavy atom. The molecule has 1 aromatic rings. The van der Waals surface area contributed by atoms with Crippen molar-refractivity contribution in [3.63, 3.8) is 0 Å². The van der Waals surface area contributed by atoms with Gasteiger partial charge in [0, 0.05) is 12.6 Å². The number of aryl methyl sites for hydroxylation is 2. The molecule has 0 aromatic carbocycles. The Hall–Kier alpha value is -0.630. The third-order valence-corrected chi connectivity index (χ3v) is 5.86. The number of aromatic amines is 1. The predicted octanol–water partition coefficient (Wildman–Crippen LogP) is 1.63. The summed E-state index contributed by atoms with van der Waals surface area (Å²) in [5.41, 5.74) is 6.85. The summed E-state index contributed by atoms with van der Waals surface area (Å²) in [7, 11) is -3.56.